The number of rotatable bonds is 7. The molecule has 3 aromatic heterocycles. The summed E-state index contributed by atoms with van der Waals surface area (Å²) >= 11 is 0. The second-order valence-corrected chi connectivity index (χ2v) is 9.23. The van der Waals surface area contributed by atoms with Crippen molar-refractivity contribution in [3.05, 3.63) is 48.3 Å². The molecular weight excluding hydrogens is 402 g/mol. The maximum Gasteiger partial charge on any atom is 0.274 e. The minimum absolute atomic E-state index is 0.130. The normalized spacial score (nSPS) is 24.7. The molecule has 0 aromatic carbocycles. The van der Waals surface area contributed by atoms with Crippen LogP contribution in [-0.2, 0) is 4.74 Å². The zero-order chi connectivity index (χ0) is 22.1. The van der Waals surface area contributed by atoms with Gasteiger partial charge in [0.05, 0.1) is 11.8 Å². The van der Waals surface area contributed by atoms with Crippen molar-refractivity contribution in [2.24, 2.45) is 11.8 Å². The van der Waals surface area contributed by atoms with Crippen molar-refractivity contribution in [1.29, 1.82) is 0 Å². The molecule has 2 aliphatic carbocycles. The maximum atomic E-state index is 13.3. The van der Waals surface area contributed by atoms with Crippen molar-refractivity contribution in [2.45, 2.75) is 64.5 Å². The van der Waals surface area contributed by atoms with Gasteiger partial charge in [-0.05, 0) is 69.1 Å². The van der Waals surface area contributed by atoms with Crippen LogP contribution >= 0.6 is 0 Å². The Morgan fingerprint density at radius 2 is 2.09 bits per heavy atom. The van der Waals surface area contributed by atoms with Gasteiger partial charge in [0.1, 0.15) is 6.33 Å². The van der Waals surface area contributed by atoms with Gasteiger partial charge in [0.2, 0.25) is 0 Å². The Kier molecular flexibility index (Phi) is 5.91. The molecule has 1 amide bonds. The summed E-state index contributed by atoms with van der Waals surface area (Å²) in [5.74, 6) is 0.840. The van der Waals surface area contributed by atoms with E-state index in [4.69, 9.17) is 9.72 Å². The number of aryl methyl sites for hydroxylation is 1. The van der Waals surface area contributed by atoms with Crippen LogP contribution in [0.25, 0.3) is 16.9 Å². The third kappa shape index (κ3) is 4.01. The summed E-state index contributed by atoms with van der Waals surface area (Å²) in [6, 6.07) is 6.06. The highest BCUT2D eigenvalue weighted by Crippen LogP contribution is 2.43. The van der Waals surface area contributed by atoms with Gasteiger partial charge in [-0.1, -0.05) is 13.3 Å². The fourth-order valence-electron chi connectivity index (χ4n) is 5.40. The van der Waals surface area contributed by atoms with E-state index in [1.807, 2.05) is 29.5 Å². The summed E-state index contributed by atoms with van der Waals surface area (Å²) in [7, 11) is 0. The van der Waals surface area contributed by atoms with E-state index < -0.39 is 0 Å². The summed E-state index contributed by atoms with van der Waals surface area (Å²) in [6.07, 6.45) is 12.2. The van der Waals surface area contributed by atoms with Crippen LogP contribution in [0.1, 0.15) is 61.6 Å². The van der Waals surface area contributed by atoms with Crippen LogP contribution in [0.2, 0.25) is 0 Å². The quantitative estimate of drug-likeness (QED) is 0.565. The van der Waals surface area contributed by atoms with Crippen molar-refractivity contribution < 1.29 is 9.53 Å². The Morgan fingerprint density at radius 1 is 1.28 bits per heavy atom. The minimum Gasteiger partial charge on any atom is -0.378 e. The van der Waals surface area contributed by atoms with Gasteiger partial charge < -0.3 is 10.1 Å². The van der Waals surface area contributed by atoms with Crippen LogP contribution < -0.4 is 5.32 Å². The van der Waals surface area contributed by atoms with Crippen LogP contribution in [0, 0.1) is 18.8 Å². The van der Waals surface area contributed by atoms with E-state index in [-0.39, 0.29) is 11.9 Å². The first-order chi connectivity index (χ1) is 15.6. The molecular formula is C25H31N5O2. The number of aromatic nitrogens is 4. The van der Waals surface area contributed by atoms with Crippen LogP contribution in [-0.4, -0.2) is 44.0 Å². The summed E-state index contributed by atoms with van der Waals surface area (Å²) in [5.41, 5.74) is 3.67. The number of hydrogen-bond donors (Lipinski definition) is 1. The van der Waals surface area contributed by atoms with E-state index in [1.165, 1.54) is 0 Å². The Balaban J connectivity index is 1.34. The van der Waals surface area contributed by atoms with Crippen LogP contribution in [0.3, 0.4) is 0 Å². The lowest BCUT2D eigenvalue weighted by Crippen LogP contribution is -2.46. The van der Waals surface area contributed by atoms with Crippen molar-refractivity contribution in [1.82, 2.24) is 24.7 Å². The van der Waals surface area contributed by atoms with Crippen molar-refractivity contribution in [2.75, 3.05) is 6.61 Å². The number of nitrogens with zero attached hydrogens (tertiary/aromatic N) is 4. The van der Waals surface area contributed by atoms with Gasteiger partial charge in [0.15, 0.2) is 11.3 Å². The first kappa shape index (κ1) is 21.1. The number of unbranched alkanes of at least 4 members (excludes halogenated alkanes) is 1. The molecule has 0 saturated heterocycles. The molecule has 0 spiro atoms. The third-order valence-electron chi connectivity index (χ3n) is 7.07. The van der Waals surface area contributed by atoms with Gasteiger partial charge in [-0.25, -0.2) is 9.97 Å². The molecule has 1 N–H and O–H groups in total. The predicted molar refractivity (Wildman–Crippen MR) is 122 cm³/mol. The average molecular weight is 434 g/mol. The Labute approximate surface area is 188 Å². The first-order valence-electron chi connectivity index (χ1n) is 11.8. The highest BCUT2D eigenvalue weighted by molar-refractivity contribution is 5.98. The van der Waals surface area contributed by atoms with Crippen LogP contribution in [0.5, 0.6) is 0 Å². The molecule has 0 radical (unpaired) electrons. The fourth-order valence-corrected chi connectivity index (χ4v) is 5.40. The first-order valence-corrected chi connectivity index (χ1v) is 11.8. The molecule has 168 valence electrons. The number of ether oxygens (including phenoxy) is 1. The van der Waals surface area contributed by atoms with Crippen molar-refractivity contribution in [3.63, 3.8) is 0 Å². The average Bonchev–Trinajstić information content (AvgIpc) is 3.33. The largest absolute Gasteiger partial charge is 0.378 e. The molecule has 32 heavy (non-hydrogen) atoms. The highest BCUT2D eigenvalue weighted by atomic mass is 16.5. The summed E-state index contributed by atoms with van der Waals surface area (Å²) < 4.78 is 7.99. The smallest absolute Gasteiger partial charge is 0.274 e. The predicted octanol–water partition coefficient (Wildman–Crippen LogP) is 4.20. The summed E-state index contributed by atoms with van der Waals surface area (Å²) in [6.45, 7) is 5.04. The molecule has 3 aromatic rings. The number of fused-ring (bicyclic) bond motifs is 3. The minimum atomic E-state index is -0.130. The standard InChI is InChI=1S/C25H31N5O2/c1-3-4-10-32-20-12-17-7-8-18(13-20)22(17)29-25(31)23-24-28-21(19-6-5-9-26-14-19)11-16(2)30(24)15-27-23/h5-6,9,11,14-15,17-18,20,22H,3-4,7-8,10,12-13H2,1-2H3,(H,29,31)/t17-,18?,20?,22?/m1/s1. The molecule has 7 nitrogen and oxygen atoms in total. The zero-order valence-corrected chi connectivity index (χ0v) is 18.8. The number of pyridine rings is 1. The Morgan fingerprint density at radius 3 is 2.81 bits per heavy atom. The lowest BCUT2D eigenvalue weighted by atomic mass is 9.82. The molecule has 3 unspecified atom stereocenters. The van der Waals surface area contributed by atoms with E-state index >= 15 is 0 Å². The lowest BCUT2D eigenvalue weighted by molar-refractivity contribution is -0.00121. The molecule has 5 rings (SSSR count). The van der Waals surface area contributed by atoms with Gasteiger partial charge in [-0.3, -0.25) is 14.2 Å². The molecule has 2 aliphatic rings. The third-order valence-corrected chi connectivity index (χ3v) is 7.07. The molecule has 0 aliphatic heterocycles. The van der Waals surface area contributed by atoms with Gasteiger partial charge in [-0.15, -0.1) is 0 Å². The molecule has 4 atom stereocenters. The number of nitrogens with one attached hydrogen (secondary N) is 1. The van der Waals surface area contributed by atoms with E-state index in [0.29, 0.717) is 29.3 Å². The van der Waals surface area contributed by atoms with Gasteiger partial charge in [0, 0.05) is 36.3 Å². The lowest BCUT2D eigenvalue weighted by Gasteiger charge is -2.35. The van der Waals surface area contributed by atoms with Crippen molar-refractivity contribution >= 4 is 11.6 Å². The maximum absolute atomic E-state index is 13.3. The molecule has 2 saturated carbocycles. The Hall–Kier alpha value is -2.80. The number of hydrogen-bond acceptors (Lipinski definition) is 5. The van der Waals surface area contributed by atoms with Crippen LogP contribution in [0.4, 0.5) is 0 Å². The topological polar surface area (TPSA) is 81.4 Å². The van der Waals surface area contributed by atoms with E-state index in [0.717, 1.165) is 62.1 Å². The monoisotopic (exact) mass is 433 g/mol. The number of carbonyl (C=O) groups excluding carboxylic acids is 1. The SMILES string of the molecule is CCCCOC1CC2CC[C@H](C1)C2NC(=O)c1ncn2c(C)cc(-c3cccnc3)nc12. The second-order valence-electron chi connectivity index (χ2n) is 9.23. The molecule has 2 bridgehead atoms. The number of carbonyl (C=O) groups is 1. The molecule has 2 fully saturated rings. The number of amides is 1. The van der Waals surface area contributed by atoms with Gasteiger partial charge in [0.25, 0.3) is 5.91 Å². The van der Waals surface area contributed by atoms with Crippen LogP contribution in [0.15, 0.2) is 36.9 Å². The summed E-state index contributed by atoms with van der Waals surface area (Å²) in [4.78, 5) is 26.7. The fraction of sp³-hybridized carbons (Fsp3) is 0.520. The van der Waals surface area contributed by atoms with Crippen molar-refractivity contribution in [3.8, 4) is 11.3 Å². The van der Waals surface area contributed by atoms with E-state index in [2.05, 4.69) is 22.2 Å². The zero-order valence-electron chi connectivity index (χ0n) is 18.8. The number of imidazole rings is 1. The van der Waals surface area contributed by atoms with E-state index in [1.54, 1.807) is 18.7 Å². The van der Waals surface area contributed by atoms with Gasteiger partial charge >= 0.3 is 0 Å². The van der Waals surface area contributed by atoms with Gasteiger partial charge in [-0.2, -0.15) is 0 Å². The molecule has 3 heterocycles. The van der Waals surface area contributed by atoms with E-state index in [9.17, 15) is 4.79 Å². The Bertz CT molecular complexity index is 1080. The molecule has 7 heteroatoms. The summed E-state index contributed by atoms with van der Waals surface area (Å²) in [5, 5.41) is 3.32. The second kappa shape index (κ2) is 8.98. The highest BCUT2D eigenvalue weighted by Gasteiger charge is 2.44.